The van der Waals surface area contributed by atoms with Gasteiger partial charge in [-0.05, 0) is 59.7 Å². The summed E-state index contributed by atoms with van der Waals surface area (Å²) in [6.07, 6.45) is 1.48. The molecule has 0 amide bonds. The molecule has 92 valence electrons. The maximum atomic E-state index is 9.79. The smallest absolute Gasteiger partial charge is 0.118 e. The third kappa shape index (κ3) is 1.79. The summed E-state index contributed by atoms with van der Waals surface area (Å²) in [6, 6.07) is 11.9. The van der Waals surface area contributed by atoms with Crippen LogP contribution in [0.2, 0.25) is 0 Å². The van der Waals surface area contributed by atoms with E-state index in [1.54, 1.807) is 6.07 Å². The van der Waals surface area contributed by atoms with Crippen LogP contribution in [0.3, 0.4) is 0 Å². The van der Waals surface area contributed by atoms with Gasteiger partial charge in [0, 0.05) is 0 Å². The van der Waals surface area contributed by atoms with Crippen molar-refractivity contribution in [2.45, 2.75) is 25.9 Å². The Hall–Kier alpha value is -1.80. The van der Waals surface area contributed by atoms with E-state index in [1.807, 2.05) is 31.2 Å². The van der Waals surface area contributed by atoms with E-state index in [1.165, 1.54) is 5.56 Å². The first-order chi connectivity index (χ1) is 8.65. The lowest BCUT2D eigenvalue weighted by Crippen LogP contribution is -1.90. The average molecular weight is 240 g/mol. The van der Waals surface area contributed by atoms with Crippen molar-refractivity contribution in [2.24, 2.45) is 0 Å². The zero-order valence-corrected chi connectivity index (χ0v) is 10.4. The fourth-order valence-electron chi connectivity index (χ4n) is 2.61. The van der Waals surface area contributed by atoms with E-state index >= 15 is 0 Å². The van der Waals surface area contributed by atoms with Gasteiger partial charge in [-0.1, -0.05) is 24.3 Å². The first-order valence-electron chi connectivity index (χ1n) is 6.26. The Morgan fingerprint density at radius 2 is 1.78 bits per heavy atom. The van der Waals surface area contributed by atoms with Crippen molar-refractivity contribution < 1.29 is 10.2 Å². The molecule has 0 saturated carbocycles. The number of benzene rings is 2. The van der Waals surface area contributed by atoms with Crippen molar-refractivity contribution in [3.05, 3.63) is 53.1 Å². The van der Waals surface area contributed by atoms with Crippen molar-refractivity contribution in [3.8, 4) is 16.9 Å². The number of rotatable bonds is 1. The second-order valence-corrected chi connectivity index (χ2v) is 4.97. The van der Waals surface area contributed by atoms with E-state index in [-0.39, 0.29) is 6.10 Å². The minimum atomic E-state index is -0.296. The van der Waals surface area contributed by atoms with Crippen LogP contribution in [0.15, 0.2) is 36.4 Å². The fourth-order valence-corrected chi connectivity index (χ4v) is 2.61. The topological polar surface area (TPSA) is 40.5 Å². The zero-order chi connectivity index (χ0) is 12.7. The molecule has 1 aliphatic rings. The van der Waals surface area contributed by atoms with Crippen LogP contribution in [0.4, 0.5) is 0 Å². The van der Waals surface area contributed by atoms with Gasteiger partial charge in [-0.2, -0.15) is 0 Å². The molecule has 2 N–H and O–H groups in total. The Morgan fingerprint density at radius 3 is 2.56 bits per heavy atom. The van der Waals surface area contributed by atoms with Gasteiger partial charge in [0.05, 0.1) is 6.10 Å². The molecule has 0 aromatic heterocycles. The molecule has 0 unspecified atom stereocenters. The molecule has 1 aliphatic carbocycles. The van der Waals surface area contributed by atoms with Crippen LogP contribution in [-0.4, -0.2) is 10.2 Å². The summed E-state index contributed by atoms with van der Waals surface area (Å²) in [5, 5.41) is 19.3. The van der Waals surface area contributed by atoms with Gasteiger partial charge in [0.1, 0.15) is 5.75 Å². The van der Waals surface area contributed by atoms with Gasteiger partial charge in [0.2, 0.25) is 0 Å². The monoisotopic (exact) mass is 240 g/mol. The summed E-state index contributed by atoms with van der Waals surface area (Å²) in [4.78, 5) is 0. The van der Waals surface area contributed by atoms with Crippen molar-refractivity contribution in [3.63, 3.8) is 0 Å². The molecular formula is C16H16O2. The Morgan fingerprint density at radius 1 is 1.06 bits per heavy atom. The predicted octanol–water partition coefficient (Wildman–Crippen LogP) is 3.35. The molecule has 0 aliphatic heterocycles. The SMILES string of the molecule is Cc1cc(-c2ccc3c(c2)CC[C@@H]3O)ccc1O. The highest BCUT2D eigenvalue weighted by molar-refractivity contribution is 5.67. The Bertz CT molecular complexity index is 602. The second kappa shape index (κ2) is 4.14. The Kier molecular flexibility index (Phi) is 2.60. The van der Waals surface area contributed by atoms with Crippen LogP contribution in [0.25, 0.3) is 11.1 Å². The summed E-state index contributed by atoms with van der Waals surface area (Å²) >= 11 is 0. The number of aliphatic hydroxyl groups is 1. The van der Waals surface area contributed by atoms with E-state index < -0.39 is 0 Å². The Balaban J connectivity index is 2.05. The molecule has 0 bridgehead atoms. The molecule has 0 spiro atoms. The van der Waals surface area contributed by atoms with Gasteiger partial charge in [-0.3, -0.25) is 0 Å². The number of aryl methyl sites for hydroxylation is 2. The number of phenols is 1. The summed E-state index contributed by atoms with van der Waals surface area (Å²) in [7, 11) is 0. The fraction of sp³-hybridized carbons (Fsp3) is 0.250. The van der Waals surface area contributed by atoms with E-state index in [9.17, 15) is 10.2 Å². The van der Waals surface area contributed by atoms with Crippen LogP contribution < -0.4 is 0 Å². The standard InChI is InChI=1S/C16H16O2/c1-10-8-11(3-6-15(10)17)12-2-5-14-13(9-12)4-7-16(14)18/h2-3,5-6,8-9,16-18H,4,7H2,1H3/t16-/m0/s1. The van der Waals surface area contributed by atoms with Crippen molar-refractivity contribution >= 4 is 0 Å². The van der Waals surface area contributed by atoms with E-state index in [4.69, 9.17) is 0 Å². The second-order valence-electron chi connectivity index (χ2n) is 4.97. The van der Waals surface area contributed by atoms with Gasteiger partial charge in [0.15, 0.2) is 0 Å². The van der Waals surface area contributed by atoms with Crippen molar-refractivity contribution in [1.82, 2.24) is 0 Å². The first-order valence-corrected chi connectivity index (χ1v) is 6.26. The number of aliphatic hydroxyl groups excluding tert-OH is 1. The molecule has 0 radical (unpaired) electrons. The van der Waals surface area contributed by atoms with Gasteiger partial charge >= 0.3 is 0 Å². The summed E-state index contributed by atoms with van der Waals surface area (Å²) in [5.74, 6) is 0.329. The van der Waals surface area contributed by atoms with Gasteiger partial charge in [-0.25, -0.2) is 0 Å². The third-order valence-corrected chi connectivity index (χ3v) is 3.72. The van der Waals surface area contributed by atoms with Gasteiger partial charge in [-0.15, -0.1) is 0 Å². The van der Waals surface area contributed by atoms with Crippen LogP contribution in [0, 0.1) is 6.92 Å². The molecule has 0 heterocycles. The lowest BCUT2D eigenvalue weighted by Gasteiger charge is -2.08. The molecule has 0 fully saturated rings. The van der Waals surface area contributed by atoms with Crippen LogP contribution in [0.5, 0.6) is 5.75 Å². The van der Waals surface area contributed by atoms with Gasteiger partial charge < -0.3 is 10.2 Å². The lowest BCUT2D eigenvalue weighted by molar-refractivity contribution is 0.180. The molecule has 2 aromatic rings. The molecule has 1 atom stereocenters. The highest BCUT2D eigenvalue weighted by atomic mass is 16.3. The maximum Gasteiger partial charge on any atom is 0.118 e. The van der Waals surface area contributed by atoms with Crippen molar-refractivity contribution in [1.29, 1.82) is 0 Å². The minimum absolute atomic E-state index is 0.296. The van der Waals surface area contributed by atoms with Crippen LogP contribution in [0.1, 0.15) is 29.2 Å². The third-order valence-electron chi connectivity index (χ3n) is 3.72. The highest BCUT2D eigenvalue weighted by Crippen LogP contribution is 2.34. The van der Waals surface area contributed by atoms with E-state index in [0.29, 0.717) is 5.75 Å². The molecule has 2 heteroatoms. The summed E-state index contributed by atoms with van der Waals surface area (Å²) < 4.78 is 0. The molecule has 18 heavy (non-hydrogen) atoms. The number of phenolic OH excluding ortho intramolecular Hbond substituents is 1. The maximum absolute atomic E-state index is 9.79. The quantitative estimate of drug-likeness (QED) is 0.802. The number of hydrogen-bond acceptors (Lipinski definition) is 2. The predicted molar refractivity (Wildman–Crippen MR) is 71.6 cm³/mol. The first kappa shape index (κ1) is 11.3. The largest absolute Gasteiger partial charge is 0.508 e. The molecule has 3 rings (SSSR count). The number of fused-ring (bicyclic) bond motifs is 1. The molecule has 0 saturated heterocycles. The van der Waals surface area contributed by atoms with Crippen LogP contribution in [-0.2, 0) is 6.42 Å². The number of hydrogen-bond donors (Lipinski definition) is 2. The van der Waals surface area contributed by atoms with E-state index in [0.717, 1.165) is 35.1 Å². The van der Waals surface area contributed by atoms with E-state index in [2.05, 4.69) is 6.07 Å². The molecule has 2 aromatic carbocycles. The Labute approximate surface area is 107 Å². The number of aromatic hydroxyl groups is 1. The van der Waals surface area contributed by atoms with Crippen LogP contribution >= 0.6 is 0 Å². The lowest BCUT2D eigenvalue weighted by atomic mass is 9.99. The molecular weight excluding hydrogens is 224 g/mol. The summed E-state index contributed by atoms with van der Waals surface area (Å²) in [5.41, 5.74) is 5.44. The normalized spacial score (nSPS) is 17.8. The van der Waals surface area contributed by atoms with Crippen molar-refractivity contribution in [2.75, 3.05) is 0 Å². The van der Waals surface area contributed by atoms with Gasteiger partial charge in [0.25, 0.3) is 0 Å². The average Bonchev–Trinajstić information content (AvgIpc) is 2.74. The minimum Gasteiger partial charge on any atom is -0.508 e. The molecule has 2 nitrogen and oxygen atoms in total. The highest BCUT2D eigenvalue weighted by Gasteiger charge is 2.20. The summed E-state index contributed by atoms with van der Waals surface area (Å²) in [6.45, 7) is 1.90. The zero-order valence-electron chi connectivity index (χ0n) is 10.4.